The quantitative estimate of drug-likeness (QED) is 0.501. The normalized spacial score (nSPS) is 11.3. The summed E-state index contributed by atoms with van der Waals surface area (Å²) in [5, 5.41) is 18.8. The van der Waals surface area contributed by atoms with E-state index >= 15 is 0 Å². The molecule has 0 aromatic heterocycles. The van der Waals surface area contributed by atoms with Gasteiger partial charge in [-0.25, -0.2) is 9.59 Å². The molecule has 5 heteroatoms. The molecule has 0 saturated heterocycles. The lowest BCUT2D eigenvalue weighted by molar-refractivity contribution is -0.134. The number of carboxylic acid groups (broad SMARTS) is 2. The zero-order valence-corrected chi connectivity index (χ0v) is 11.4. The van der Waals surface area contributed by atoms with Gasteiger partial charge in [0.25, 0.3) is 0 Å². The monoisotopic (exact) mass is 257 g/mol. The number of carboxylic acids is 2. The van der Waals surface area contributed by atoms with E-state index in [0.717, 1.165) is 0 Å². The molecule has 0 fully saturated rings. The SMILES string of the molecule is CNC(C)CCC=C(C)C.O=C(O)C=CC(=O)O. The van der Waals surface area contributed by atoms with Crippen LogP contribution in [0.15, 0.2) is 23.8 Å². The molecule has 0 amide bonds. The maximum absolute atomic E-state index is 9.55. The van der Waals surface area contributed by atoms with Crippen molar-refractivity contribution in [1.82, 2.24) is 5.32 Å². The van der Waals surface area contributed by atoms with Gasteiger partial charge in [0.05, 0.1) is 0 Å². The predicted molar refractivity (Wildman–Crippen MR) is 71.6 cm³/mol. The molecular formula is C13H23NO4. The molecule has 0 aliphatic rings. The van der Waals surface area contributed by atoms with E-state index in [9.17, 15) is 9.59 Å². The Bertz CT molecular complexity index is 288. The van der Waals surface area contributed by atoms with Crippen LogP contribution in [0.5, 0.6) is 0 Å². The van der Waals surface area contributed by atoms with Gasteiger partial charge >= 0.3 is 11.9 Å². The Morgan fingerprint density at radius 2 is 1.61 bits per heavy atom. The second kappa shape index (κ2) is 11.9. The van der Waals surface area contributed by atoms with Crippen molar-refractivity contribution in [2.24, 2.45) is 0 Å². The molecule has 0 aromatic rings. The Labute approximate surface area is 108 Å². The van der Waals surface area contributed by atoms with Crippen LogP contribution in [-0.4, -0.2) is 35.2 Å². The summed E-state index contributed by atoms with van der Waals surface area (Å²) in [4.78, 5) is 19.1. The summed E-state index contributed by atoms with van der Waals surface area (Å²) in [6, 6.07) is 0.649. The van der Waals surface area contributed by atoms with Gasteiger partial charge in [-0.3, -0.25) is 0 Å². The van der Waals surface area contributed by atoms with Crippen molar-refractivity contribution in [3.05, 3.63) is 23.8 Å². The third-order valence-electron chi connectivity index (χ3n) is 2.01. The highest BCUT2D eigenvalue weighted by atomic mass is 16.4. The molecule has 0 bridgehead atoms. The van der Waals surface area contributed by atoms with E-state index in [-0.39, 0.29) is 0 Å². The Morgan fingerprint density at radius 1 is 1.17 bits per heavy atom. The molecule has 0 heterocycles. The Kier molecular flexibility index (Phi) is 12.3. The third-order valence-corrected chi connectivity index (χ3v) is 2.01. The molecule has 0 aliphatic heterocycles. The van der Waals surface area contributed by atoms with Crippen LogP contribution in [0.4, 0.5) is 0 Å². The summed E-state index contributed by atoms with van der Waals surface area (Å²) in [5.41, 5.74) is 1.42. The van der Waals surface area contributed by atoms with Crippen molar-refractivity contribution in [2.45, 2.75) is 39.7 Å². The standard InChI is InChI=1S/C9H19N.C4H4O4/c1-8(2)6-5-7-9(3)10-4;5-3(6)1-2-4(7)8/h6,9-10H,5,7H2,1-4H3;1-2H,(H,5,6)(H,7,8). The van der Waals surface area contributed by atoms with Crippen molar-refractivity contribution in [3.63, 3.8) is 0 Å². The molecule has 0 aromatic carbocycles. The molecule has 1 atom stereocenters. The van der Waals surface area contributed by atoms with Crippen LogP contribution >= 0.6 is 0 Å². The first kappa shape index (κ1) is 18.7. The fourth-order valence-electron chi connectivity index (χ4n) is 0.909. The maximum Gasteiger partial charge on any atom is 0.328 e. The summed E-state index contributed by atoms with van der Waals surface area (Å²) < 4.78 is 0. The molecule has 0 rings (SSSR count). The largest absolute Gasteiger partial charge is 0.478 e. The molecular weight excluding hydrogens is 234 g/mol. The molecule has 0 saturated carbocycles. The van der Waals surface area contributed by atoms with Crippen LogP contribution in [0.3, 0.4) is 0 Å². The van der Waals surface area contributed by atoms with Crippen LogP contribution in [0.25, 0.3) is 0 Å². The van der Waals surface area contributed by atoms with E-state index in [2.05, 4.69) is 32.2 Å². The van der Waals surface area contributed by atoms with Gasteiger partial charge in [0.1, 0.15) is 0 Å². The first-order chi connectivity index (χ1) is 8.29. The number of carbonyl (C=O) groups is 2. The van der Waals surface area contributed by atoms with E-state index in [1.54, 1.807) is 0 Å². The summed E-state index contributed by atoms with van der Waals surface area (Å²) >= 11 is 0. The molecule has 104 valence electrons. The highest BCUT2D eigenvalue weighted by Gasteiger charge is 1.93. The predicted octanol–water partition coefficient (Wildman–Crippen LogP) is 2.05. The summed E-state index contributed by atoms with van der Waals surface area (Å²) in [6.45, 7) is 6.49. The number of allylic oxidation sites excluding steroid dienone is 2. The zero-order valence-electron chi connectivity index (χ0n) is 11.4. The van der Waals surface area contributed by atoms with Crippen LogP contribution in [0.2, 0.25) is 0 Å². The lowest BCUT2D eigenvalue weighted by atomic mass is 10.1. The summed E-state index contributed by atoms with van der Waals surface area (Å²) in [7, 11) is 2.01. The van der Waals surface area contributed by atoms with Gasteiger partial charge in [0, 0.05) is 18.2 Å². The van der Waals surface area contributed by atoms with Gasteiger partial charge in [-0.05, 0) is 40.7 Å². The van der Waals surface area contributed by atoms with Crippen molar-refractivity contribution >= 4 is 11.9 Å². The minimum Gasteiger partial charge on any atom is -0.478 e. The Morgan fingerprint density at radius 3 is 1.89 bits per heavy atom. The fourth-order valence-corrected chi connectivity index (χ4v) is 0.909. The lowest BCUT2D eigenvalue weighted by Gasteiger charge is -2.06. The molecule has 5 nitrogen and oxygen atoms in total. The second-order valence-electron chi connectivity index (χ2n) is 4.06. The second-order valence-corrected chi connectivity index (χ2v) is 4.06. The van der Waals surface area contributed by atoms with Gasteiger partial charge in [-0.1, -0.05) is 11.6 Å². The van der Waals surface area contributed by atoms with E-state index in [1.807, 2.05) is 7.05 Å². The van der Waals surface area contributed by atoms with Gasteiger partial charge in [0.2, 0.25) is 0 Å². The van der Waals surface area contributed by atoms with E-state index in [4.69, 9.17) is 10.2 Å². The number of nitrogens with one attached hydrogen (secondary N) is 1. The average Bonchev–Trinajstić information content (AvgIpc) is 2.26. The first-order valence-electron chi connectivity index (χ1n) is 5.74. The van der Waals surface area contributed by atoms with Crippen LogP contribution in [0, 0.1) is 0 Å². The molecule has 0 aliphatic carbocycles. The molecule has 0 spiro atoms. The van der Waals surface area contributed by atoms with Crippen molar-refractivity contribution in [2.75, 3.05) is 7.05 Å². The number of aliphatic carboxylic acids is 2. The first-order valence-corrected chi connectivity index (χ1v) is 5.74. The fraction of sp³-hybridized carbons (Fsp3) is 0.538. The van der Waals surface area contributed by atoms with E-state index < -0.39 is 11.9 Å². The Balaban J connectivity index is 0. The zero-order chi connectivity index (χ0) is 14.6. The van der Waals surface area contributed by atoms with Gasteiger partial charge < -0.3 is 15.5 Å². The molecule has 18 heavy (non-hydrogen) atoms. The molecule has 1 unspecified atom stereocenters. The Hall–Kier alpha value is -1.62. The minimum atomic E-state index is -1.26. The van der Waals surface area contributed by atoms with Crippen LogP contribution in [-0.2, 0) is 9.59 Å². The average molecular weight is 257 g/mol. The number of rotatable bonds is 6. The van der Waals surface area contributed by atoms with Crippen LogP contribution in [0.1, 0.15) is 33.6 Å². The van der Waals surface area contributed by atoms with Gasteiger partial charge in [0.15, 0.2) is 0 Å². The van der Waals surface area contributed by atoms with Gasteiger partial charge in [-0.15, -0.1) is 0 Å². The van der Waals surface area contributed by atoms with Crippen molar-refractivity contribution < 1.29 is 19.8 Å². The highest BCUT2D eigenvalue weighted by molar-refractivity contribution is 5.89. The highest BCUT2D eigenvalue weighted by Crippen LogP contribution is 1.99. The lowest BCUT2D eigenvalue weighted by Crippen LogP contribution is -2.20. The smallest absolute Gasteiger partial charge is 0.328 e. The third kappa shape index (κ3) is 19.9. The van der Waals surface area contributed by atoms with E-state index in [0.29, 0.717) is 18.2 Å². The van der Waals surface area contributed by atoms with Crippen LogP contribution < -0.4 is 5.32 Å². The van der Waals surface area contributed by atoms with E-state index in [1.165, 1.54) is 18.4 Å². The molecule has 0 radical (unpaired) electrons. The molecule has 3 N–H and O–H groups in total. The van der Waals surface area contributed by atoms with Gasteiger partial charge in [-0.2, -0.15) is 0 Å². The topological polar surface area (TPSA) is 86.6 Å². The minimum absolute atomic E-state index is 0.558. The summed E-state index contributed by atoms with van der Waals surface area (Å²) in [6.07, 6.45) is 5.84. The number of hydrogen-bond acceptors (Lipinski definition) is 3. The summed E-state index contributed by atoms with van der Waals surface area (Å²) in [5.74, 6) is -2.51. The number of hydrogen-bond donors (Lipinski definition) is 3. The van der Waals surface area contributed by atoms with Crippen molar-refractivity contribution in [3.8, 4) is 0 Å². The van der Waals surface area contributed by atoms with Crippen molar-refractivity contribution in [1.29, 1.82) is 0 Å². The maximum atomic E-state index is 9.55.